The van der Waals surface area contributed by atoms with Crippen LogP contribution in [0.5, 0.6) is 0 Å². The van der Waals surface area contributed by atoms with E-state index in [1.807, 2.05) is 20.8 Å². The Morgan fingerprint density at radius 1 is 1.19 bits per heavy atom. The number of amidine groups is 1. The molecule has 1 aliphatic rings. The third-order valence-corrected chi connectivity index (χ3v) is 6.09. The molecule has 1 aromatic heterocycles. The first-order valence-electron chi connectivity index (χ1n) is 12.2. The fourth-order valence-electron chi connectivity index (χ4n) is 4.03. The van der Waals surface area contributed by atoms with Crippen molar-refractivity contribution in [1.82, 2.24) is 20.1 Å². The third kappa shape index (κ3) is 7.09. The van der Waals surface area contributed by atoms with Gasteiger partial charge in [0.2, 0.25) is 0 Å². The van der Waals surface area contributed by atoms with E-state index in [4.69, 9.17) is 4.99 Å². The maximum atomic E-state index is 14.1. The van der Waals surface area contributed by atoms with E-state index >= 15 is 0 Å². The molecule has 36 heavy (non-hydrogen) atoms. The van der Waals surface area contributed by atoms with Gasteiger partial charge < -0.3 is 20.4 Å². The summed E-state index contributed by atoms with van der Waals surface area (Å²) in [4.78, 5) is 13.5. The zero-order valence-electron chi connectivity index (χ0n) is 21.7. The molecule has 0 spiro atoms. The SMILES string of the molecule is C=C(NC(C)C)C(=Nc1cc(C(O)C(C)(C)O)ncc1C)N1CCN(Cc2ccc(F)cc2F)CC1. The van der Waals surface area contributed by atoms with E-state index < -0.39 is 23.3 Å². The lowest BCUT2D eigenvalue weighted by Crippen LogP contribution is -2.50. The van der Waals surface area contributed by atoms with E-state index in [9.17, 15) is 19.0 Å². The number of hydrogen-bond acceptors (Lipinski definition) is 6. The Morgan fingerprint density at radius 3 is 2.44 bits per heavy atom. The molecule has 1 saturated heterocycles. The van der Waals surface area contributed by atoms with Crippen molar-refractivity contribution in [3.05, 3.63) is 71.2 Å². The van der Waals surface area contributed by atoms with Gasteiger partial charge in [0.15, 0.2) is 5.84 Å². The third-order valence-electron chi connectivity index (χ3n) is 6.09. The number of nitrogens with zero attached hydrogens (tertiary/aromatic N) is 4. The molecular weight excluding hydrogens is 464 g/mol. The minimum atomic E-state index is -1.35. The summed E-state index contributed by atoms with van der Waals surface area (Å²) in [5.74, 6) is -0.441. The molecule has 1 aliphatic heterocycles. The number of halogens is 2. The highest BCUT2D eigenvalue weighted by molar-refractivity contribution is 5.99. The van der Waals surface area contributed by atoms with Crippen molar-refractivity contribution in [2.75, 3.05) is 26.2 Å². The summed E-state index contributed by atoms with van der Waals surface area (Å²) < 4.78 is 27.4. The topological polar surface area (TPSA) is 84.2 Å². The number of pyridine rings is 1. The molecule has 196 valence electrons. The summed E-state index contributed by atoms with van der Waals surface area (Å²) >= 11 is 0. The number of piperazine rings is 1. The fourth-order valence-corrected chi connectivity index (χ4v) is 4.03. The minimum Gasteiger partial charge on any atom is -0.387 e. The number of benzene rings is 1. The molecule has 7 nitrogen and oxygen atoms in total. The van der Waals surface area contributed by atoms with Crippen LogP contribution in [0.25, 0.3) is 0 Å². The first-order valence-corrected chi connectivity index (χ1v) is 12.2. The summed E-state index contributed by atoms with van der Waals surface area (Å²) in [6.45, 7) is 16.2. The van der Waals surface area contributed by atoms with Gasteiger partial charge in [0.25, 0.3) is 0 Å². The molecule has 1 fully saturated rings. The molecule has 1 unspecified atom stereocenters. The predicted molar refractivity (Wildman–Crippen MR) is 138 cm³/mol. The maximum Gasteiger partial charge on any atom is 0.152 e. The predicted octanol–water partition coefficient (Wildman–Crippen LogP) is 3.83. The molecule has 3 N–H and O–H groups in total. The van der Waals surface area contributed by atoms with Crippen LogP contribution in [0.2, 0.25) is 0 Å². The molecule has 1 atom stereocenters. The number of aliphatic hydroxyl groups is 2. The van der Waals surface area contributed by atoms with Crippen LogP contribution in [0.3, 0.4) is 0 Å². The van der Waals surface area contributed by atoms with Gasteiger partial charge >= 0.3 is 0 Å². The number of hydrogen-bond donors (Lipinski definition) is 3. The number of rotatable bonds is 8. The quantitative estimate of drug-likeness (QED) is 0.377. The molecule has 0 bridgehead atoms. The lowest BCUT2D eigenvalue weighted by Gasteiger charge is -2.37. The molecule has 3 rings (SSSR count). The number of aromatic nitrogens is 1. The van der Waals surface area contributed by atoms with Gasteiger partial charge in [-0.25, -0.2) is 13.8 Å². The van der Waals surface area contributed by atoms with Gasteiger partial charge in [-0.2, -0.15) is 0 Å². The van der Waals surface area contributed by atoms with E-state index in [0.29, 0.717) is 61.2 Å². The van der Waals surface area contributed by atoms with Gasteiger partial charge in [-0.1, -0.05) is 12.6 Å². The first kappa shape index (κ1) is 27.7. The molecule has 1 aromatic carbocycles. The largest absolute Gasteiger partial charge is 0.387 e. The number of aliphatic hydroxyl groups excluding tert-OH is 1. The molecule has 9 heteroatoms. The van der Waals surface area contributed by atoms with Gasteiger partial charge in [-0.3, -0.25) is 9.88 Å². The van der Waals surface area contributed by atoms with E-state index in [-0.39, 0.29) is 6.04 Å². The van der Waals surface area contributed by atoms with Crippen molar-refractivity contribution in [2.45, 2.75) is 58.9 Å². The van der Waals surface area contributed by atoms with Crippen LogP contribution >= 0.6 is 0 Å². The molecule has 0 aliphatic carbocycles. The normalized spacial score (nSPS) is 16.4. The van der Waals surface area contributed by atoms with Crippen LogP contribution < -0.4 is 5.32 Å². The van der Waals surface area contributed by atoms with Crippen molar-refractivity contribution in [3.8, 4) is 0 Å². The van der Waals surface area contributed by atoms with Crippen LogP contribution in [0.1, 0.15) is 50.6 Å². The second-order valence-electron chi connectivity index (χ2n) is 10.2. The Balaban J connectivity index is 1.83. The number of nitrogens with one attached hydrogen (secondary N) is 1. The van der Waals surface area contributed by atoms with E-state index in [1.165, 1.54) is 26.0 Å². The Labute approximate surface area is 212 Å². The van der Waals surface area contributed by atoms with Crippen LogP contribution in [0.15, 0.2) is 47.7 Å². The average Bonchev–Trinajstić information content (AvgIpc) is 2.79. The number of aliphatic imine (C=N–C) groups is 1. The van der Waals surface area contributed by atoms with Gasteiger partial charge in [0.1, 0.15) is 17.7 Å². The Bertz CT molecular complexity index is 1110. The Kier molecular flexibility index (Phi) is 8.81. The van der Waals surface area contributed by atoms with Crippen LogP contribution in [0, 0.1) is 18.6 Å². The van der Waals surface area contributed by atoms with Gasteiger partial charge in [0.05, 0.1) is 22.7 Å². The highest BCUT2D eigenvalue weighted by Gasteiger charge is 2.28. The summed E-state index contributed by atoms with van der Waals surface area (Å²) in [7, 11) is 0. The lowest BCUT2D eigenvalue weighted by molar-refractivity contribution is -0.0517. The van der Waals surface area contributed by atoms with Crippen LogP contribution in [-0.2, 0) is 6.54 Å². The van der Waals surface area contributed by atoms with Gasteiger partial charge in [-0.05, 0) is 52.3 Å². The van der Waals surface area contributed by atoms with E-state index in [2.05, 4.69) is 26.7 Å². The maximum absolute atomic E-state index is 14.1. The molecule has 2 heterocycles. The average molecular weight is 502 g/mol. The summed E-state index contributed by atoms with van der Waals surface area (Å²) in [6, 6.07) is 5.52. The molecule has 0 radical (unpaired) electrons. The van der Waals surface area contributed by atoms with Crippen molar-refractivity contribution >= 4 is 11.5 Å². The lowest BCUT2D eigenvalue weighted by atomic mass is 9.98. The Morgan fingerprint density at radius 2 is 1.86 bits per heavy atom. The van der Waals surface area contributed by atoms with Crippen molar-refractivity contribution in [3.63, 3.8) is 0 Å². The standard InChI is InChI=1S/C27H37F2N5O2/c1-17(2)31-19(4)26(32-23-14-24(30-15-18(23)3)25(35)27(5,6)36)34-11-9-33(10-12-34)16-20-7-8-21(28)13-22(20)29/h7-8,13-15,17,25,31,35-36H,4,9-12,16H2,1-3,5-6H3. The van der Waals surface area contributed by atoms with E-state index in [1.54, 1.807) is 12.3 Å². The van der Waals surface area contributed by atoms with E-state index in [0.717, 1.165) is 11.6 Å². The first-order chi connectivity index (χ1) is 16.8. The molecule has 0 amide bonds. The second kappa shape index (κ2) is 11.5. The highest BCUT2D eigenvalue weighted by Crippen LogP contribution is 2.29. The zero-order valence-corrected chi connectivity index (χ0v) is 21.7. The van der Waals surface area contributed by atoms with Crippen molar-refractivity contribution < 1.29 is 19.0 Å². The fraction of sp³-hybridized carbons (Fsp3) is 0.481. The number of aryl methyl sites for hydroxylation is 1. The summed E-state index contributed by atoms with van der Waals surface area (Å²) in [5.41, 5.74) is 1.57. The van der Waals surface area contributed by atoms with Gasteiger partial charge in [-0.15, -0.1) is 0 Å². The molecule has 0 saturated carbocycles. The van der Waals surface area contributed by atoms with Gasteiger partial charge in [0, 0.05) is 56.6 Å². The van der Waals surface area contributed by atoms with Crippen LogP contribution in [-0.4, -0.2) is 68.7 Å². The monoisotopic (exact) mass is 501 g/mol. The highest BCUT2D eigenvalue weighted by atomic mass is 19.1. The Hall–Kier alpha value is -2.88. The summed E-state index contributed by atoms with van der Waals surface area (Å²) in [6.07, 6.45) is 0.470. The smallest absolute Gasteiger partial charge is 0.152 e. The molecule has 2 aromatic rings. The zero-order chi connectivity index (χ0) is 26.6. The minimum absolute atomic E-state index is 0.150. The van der Waals surface area contributed by atoms with Crippen molar-refractivity contribution in [1.29, 1.82) is 0 Å². The second-order valence-corrected chi connectivity index (χ2v) is 10.2. The van der Waals surface area contributed by atoms with Crippen molar-refractivity contribution in [2.24, 2.45) is 4.99 Å². The molecular formula is C27H37F2N5O2. The van der Waals surface area contributed by atoms with Crippen LogP contribution in [0.4, 0.5) is 14.5 Å². The summed E-state index contributed by atoms with van der Waals surface area (Å²) in [5, 5.41) is 24.1.